The maximum atomic E-state index is 11.9. The van der Waals surface area contributed by atoms with E-state index in [1.54, 1.807) is 4.90 Å². The summed E-state index contributed by atoms with van der Waals surface area (Å²) in [6, 6.07) is 9.94. The van der Waals surface area contributed by atoms with Crippen LogP contribution in [0.2, 0.25) is 0 Å². The van der Waals surface area contributed by atoms with Gasteiger partial charge >= 0.3 is 6.09 Å². The molecule has 1 fully saturated rings. The second-order valence-corrected chi connectivity index (χ2v) is 4.29. The van der Waals surface area contributed by atoms with E-state index in [2.05, 4.69) is 5.32 Å². The van der Waals surface area contributed by atoms with Crippen LogP contribution in [-0.2, 0) is 11.3 Å². The largest absolute Gasteiger partial charge is 0.445 e. The molecular formula is C13H19ClN2O2. The number of halogens is 1. The van der Waals surface area contributed by atoms with E-state index in [1.807, 2.05) is 37.3 Å². The summed E-state index contributed by atoms with van der Waals surface area (Å²) in [4.78, 5) is 13.6. The maximum Gasteiger partial charge on any atom is 0.410 e. The lowest BCUT2D eigenvalue weighted by Crippen LogP contribution is -2.52. The number of hydrogen-bond donors (Lipinski definition) is 1. The molecule has 4 nitrogen and oxygen atoms in total. The highest BCUT2D eigenvalue weighted by atomic mass is 35.5. The molecule has 1 amide bonds. The number of hydrogen-bond acceptors (Lipinski definition) is 3. The molecule has 1 aromatic rings. The summed E-state index contributed by atoms with van der Waals surface area (Å²) in [6.45, 7) is 4.76. The zero-order chi connectivity index (χ0) is 12.1. The Bertz CT molecular complexity index is 373. The molecule has 18 heavy (non-hydrogen) atoms. The Kier molecular flexibility index (Phi) is 5.95. The summed E-state index contributed by atoms with van der Waals surface area (Å²) >= 11 is 0. The first kappa shape index (κ1) is 14.8. The molecule has 1 heterocycles. The first-order valence-electron chi connectivity index (χ1n) is 5.95. The van der Waals surface area contributed by atoms with Gasteiger partial charge in [0.15, 0.2) is 0 Å². The summed E-state index contributed by atoms with van der Waals surface area (Å²) in [5.41, 5.74) is 1.02. The Morgan fingerprint density at radius 3 is 2.83 bits per heavy atom. The minimum atomic E-state index is -0.220. The molecule has 1 aromatic carbocycles. The summed E-state index contributed by atoms with van der Waals surface area (Å²) < 4.78 is 5.30. The first-order chi connectivity index (χ1) is 8.27. The van der Waals surface area contributed by atoms with Gasteiger partial charge in [-0.05, 0) is 12.5 Å². The van der Waals surface area contributed by atoms with Crippen LogP contribution in [-0.4, -0.2) is 36.7 Å². The molecule has 0 saturated carbocycles. The van der Waals surface area contributed by atoms with Gasteiger partial charge in [-0.1, -0.05) is 30.3 Å². The van der Waals surface area contributed by atoms with Crippen LogP contribution in [0.3, 0.4) is 0 Å². The smallest absolute Gasteiger partial charge is 0.410 e. The lowest BCUT2D eigenvalue weighted by Gasteiger charge is -2.32. The SMILES string of the molecule is C[C@@H]1CNCCN1C(=O)OCc1ccccc1.Cl. The third-order valence-corrected chi connectivity index (χ3v) is 2.94. The van der Waals surface area contributed by atoms with Crippen molar-refractivity contribution in [3.63, 3.8) is 0 Å². The summed E-state index contributed by atoms with van der Waals surface area (Å²) in [5.74, 6) is 0. The number of benzene rings is 1. The predicted molar refractivity (Wildman–Crippen MR) is 72.9 cm³/mol. The molecule has 0 aliphatic carbocycles. The average Bonchev–Trinajstić information content (AvgIpc) is 2.38. The summed E-state index contributed by atoms with van der Waals surface area (Å²) in [7, 11) is 0. The van der Waals surface area contributed by atoms with Crippen LogP contribution in [0.5, 0.6) is 0 Å². The van der Waals surface area contributed by atoms with Gasteiger partial charge in [-0.25, -0.2) is 4.79 Å². The van der Waals surface area contributed by atoms with Crippen LogP contribution in [0.4, 0.5) is 4.79 Å². The van der Waals surface area contributed by atoms with Crippen molar-refractivity contribution < 1.29 is 9.53 Å². The fraction of sp³-hybridized carbons (Fsp3) is 0.462. The van der Waals surface area contributed by atoms with Gasteiger partial charge in [0.05, 0.1) is 0 Å². The molecule has 1 saturated heterocycles. The quantitative estimate of drug-likeness (QED) is 0.894. The molecule has 1 aliphatic heterocycles. The third kappa shape index (κ3) is 3.89. The van der Waals surface area contributed by atoms with Crippen LogP contribution >= 0.6 is 12.4 Å². The van der Waals surface area contributed by atoms with Gasteiger partial charge in [0.2, 0.25) is 0 Å². The van der Waals surface area contributed by atoms with Gasteiger partial charge in [0.1, 0.15) is 6.61 Å². The number of ether oxygens (including phenoxy) is 1. The number of nitrogens with zero attached hydrogens (tertiary/aromatic N) is 1. The zero-order valence-corrected chi connectivity index (χ0v) is 11.3. The minimum Gasteiger partial charge on any atom is -0.445 e. The van der Waals surface area contributed by atoms with E-state index in [1.165, 1.54) is 0 Å². The average molecular weight is 271 g/mol. The van der Waals surface area contributed by atoms with Crippen LogP contribution in [0.15, 0.2) is 30.3 Å². The molecule has 1 atom stereocenters. The zero-order valence-electron chi connectivity index (χ0n) is 10.5. The van der Waals surface area contributed by atoms with E-state index in [4.69, 9.17) is 4.74 Å². The number of carbonyl (C=O) groups excluding carboxylic acids is 1. The van der Waals surface area contributed by atoms with Crippen molar-refractivity contribution in [1.82, 2.24) is 10.2 Å². The van der Waals surface area contributed by atoms with Crippen molar-refractivity contribution in [2.24, 2.45) is 0 Å². The third-order valence-electron chi connectivity index (χ3n) is 2.94. The van der Waals surface area contributed by atoms with Crippen molar-refractivity contribution >= 4 is 18.5 Å². The highest BCUT2D eigenvalue weighted by molar-refractivity contribution is 5.85. The van der Waals surface area contributed by atoms with Gasteiger partial charge in [-0.15, -0.1) is 12.4 Å². The maximum absolute atomic E-state index is 11.9. The Morgan fingerprint density at radius 2 is 2.17 bits per heavy atom. The Labute approximate surface area is 114 Å². The van der Waals surface area contributed by atoms with Gasteiger partial charge in [0, 0.05) is 25.7 Å². The van der Waals surface area contributed by atoms with Gasteiger partial charge in [0.25, 0.3) is 0 Å². The fourth-order valence-electron chi connectivity index (χ4n) is 1.91. The highest BCUT2D eigenvalue weighted by Crippen LogP contribution is 2.07. The lowest BCUT2D eigenvalue weighted by molar-refractivity contribution is 0.0759. The molecule has 1 N–H and O–H groups in total. The number of carbonyl (C=O) groups is 1. The van der Waals surface area contributed by atoms with Crippen LogP contribution in [0.25, 0.3) is 0 Å². The molecule has 0 radical (unpaired) electrons. The molecule has 0 unspecified atom stereocenters. The summed E-state index contributed by atoms with van der Waals surface area (Å²) in [5, 5.41) is 3.24. The number of nitrogens with one attached hydrogen (secondary N) is 1. The standard InChI is InChI=1S/C13H18N2O2.ClH/c1-11-9-14-7-8-15(11)13(16)17-10-12-5-3-2-4-6-12;/h2-6,11,14H,7-10H2,1H3;1H/t11-;/m1./s1. The number of piperazine rings is 1. The minimum absolute atomic E-state index is 0. The van der Waals surface area contributed by atoms with Crippen LogP contribution in [0.1, 0.15) is 12.5 Å². The monoisotopic (exact) mass is 270 g/mol. The highest BCUT2D eigenvalue weighted by Gasteiger charge is 2.23. The van der Waals surface area contributed by atoms with Crippen LogP contribution in [0, 0.1) is 0 Å². The molecule has 5 heteroatoms. The first-order valence-corrected chi connectivity index (χ1v) is 5.95. The number of amides is 1. The van der Waals surface area contributed by atoms with E-state index in [-0.39, 0.29) is 24.5 Å². The Balaban J connectivity index is 0.00000162. The molecule has 2 rings (SSSR count). The van der Waals surface area contributed by atoms with Crippen molar-refractivity contribution in [3.8, 4) is 0 Å². The lowest BCUT2D eigenvalue weighted by atomic mass is 10.2. The predicted octanol–water partition coefficient (Wildman–Crippen LogP) is 2.04. The van der Waals surface area contributed by atoms with E-state index in [0.717, 1.165) is 25.2 Å². The van der Waals surface area contributed by atoms with E-state index in [9.17, 15) is 4.79 Å². The van der Waals surface area contributed by atoms with Crippen molar-refractivity contribution in [2.45, 2.75) is 19.6 Å². The van der Waals surface area contributed by atoms with E-state index < -0.39 is 0 Å². The van der Waals surface area contributed by atoms with Crippen molar-refractivity contribution in [2.75, 3.05) is 19.6 Å². The molecular weight excluding hydrogens is 252 g/mol. The van der Waals surface area contributed by atoms with Gasteiger partial charge in [-0.3, -0.25) is 0 Å². The summed E-state index contributed by atoms with van der Waals surface area (Å²) in [6.07, 6.45) is -0.220. The second-order valence-electron chi connectivity index (χ2n) is 4.29. The number of rotatable bonds is 2. The van der Waals surface area contributed by atoms with Crippen LogP contribution < -0.4 is 5.32 Å². The van der Waals surface area contributed by atoms with E-state index >= 15 is 0 Å². The van der Waals surface area contributed by atoms with Crippen molar-refractivity contribution in [3.05, 3.63) is 35.9 Å². The van der Waals surface area contributed by atoms with E-state index in [0.29, 0.717) is 6.61 Å². The fourth-order valence-corrected chi connectivity index (χ4v) is 1.91. The van der Waals surface area contributed by atoms with Gasteiger partial charge in [-0.2, -0.15) is 0 Å². The Morgan fingerprint density at radius 1 is 1.44 bits per heavy atom. The molecule has 0 aromatic heterocycles. The normalized spacial score (nSPS) is 18.9. The molecule has 1 aliphatic rings. The van der Waals surface area contributed by atoms with Gasteiger partial charge < -0.3 is 15.0 Å². The van der Waals surface area contributed by atoms with Crippen molar-refractivity contribution in [1.29, 1.82) is 0 Å². The molecule has 100 valence electrons. The Hall–Kier alpha value is -1.26. The second kappa shape index (κ2) is 7.24. The molecule has 0 bridgehead atoms. The molecule has 0 spiro atoms. The topological polar surface area (TPSA) is 41.6 Å².